The second-order valence-corrected chi connectivity index (χ2v) is 14.7. The molecular formula is C46H42Cl2Zr. The summed E-state index contributed by atoms with van der Waals surface area (Å²) < 4.78 is 0. The van der Waals surface area contributed by atoms with Crippen molar-refractivity contribution in [1.82, 2.24) is 0 Å². The first kappa shape index (κ1) is 38.5. The van der Waals surface area contributed by atoms with Crippen LogP contribution in [0.1, 0.15) is 59.1 Å². The Bertz CT molecular complexity index is 2130. The van der Waals surface area contributed by atoms with Gasteiger partial charge < -0.3 is 24.8 Å². The van der Waals surface area contributed by atoms with E-state index in [2.05, 4.69) is 169 Å². The van der Waals surface area contributed by atoms with Crippen LogP contribution in [0.5, 0.6) is 0 Å². The third-order valence-electron chi connectivity index (χ3n) is 9.34. The van der Waals surface area contributed by atoms with E-state index in [-0.39, 0.29) is 61.8 Å². The average molecular weight is 757 g/mol. The largest absolute Gasteiger partial charge is 4.00 e. The second kappa shape index (κ2) is 15.3. The van der Waals surface area contributed by atoms with E-state index in [1.165, 1.54) is 76.5 Å². The minimum Gasteiger partial charge on any atom is -1.00 e. The Hall–Kier alpha value is -3.35. The van der Waals surface area contributed by atoms with Crippen molar-refractivity contribution >= 4 is 43.1 Å². The standard InChI is InChI=1S/C41H37.C5H5.2ClH.Zr/c1-40(2,3)38-24-34-28(22-36(38)32-19-11-15-26-13-7-9-17-30(26)32)21-29-23-37(39(25-35(29)34)41(4,5)6)33-20-12-16-27-14-8-10-18-31(27)33;1-2-4-5-3-1;;;/h7-25H,1-6H3;1-3H,4H2;2*1H;/q2*-1;;;+4/p-2. The first-order chi connectivity index (χ1) is 22.1. The van der Waals surface area contributed by atoms with Gasteiger partial charge in [-0.2, -0.15) is 6.08 Å². The number of halogens is 2. The van der Waals surface area contributed by atoms with E-state index < -0.39 is 0 Å². The van der Waals surface area contributed by atoms with Crippen LogP contribution in [0.3, 0.4) is 0 Å². The number of allylic oxidation sites excluding steroid dienone is 4. The molecule has 0 amide bonds. The molecule has 0 aromatic heterocycles. The predicted molar refractivity (Wildman–Crippen MR) is 202 cm³/mol. The maximum Gasteiger partial charge on any atom is 4.00 e. The first-order valence-corrected chi connectivity index (χ1v) is 16.5. The summed E-state index contributed by atoms with van der Waals surface area (Å²) in [7, 11) is 0. The summed E-state index contributed by atoms with van der Waals surface area (Å²) in [6.07, 6.45) is 10.0. The average Bonchev–Trinajstić information content (AvgIpc) is 3.74. The Balaban J connectivity index is 0.000000623. The molecule has 0 bridgehead atoms. The molecule has 244 valence electrons. The summed E-state index contributed by atoms with van der Waals surface area (Å²) in [5, 5.41) is 10.5. The van der Waals surface area contributed by atoms with Crippen molar-refractivity contribution < 1.29 is 51.0 Å². The normalized spacial score (nSPS) is 12.4. The van der Waals surface area contributed by atoms with Gasteiger partial charge in [0, 0.05) is 0 Å². The van der Waals surface area contributed by atoms with Crippen LogP contribution in [0.2, 0.25) is 0 Å². The Labute approximate surface area is 323 Å². The van der Waals surface area contributed by atoms with Gasteiger partial charge in [0.05, 0.1) is 0 Å². The molecule has 0 unspecified atom stereocenters. The van der Waals surface area contributed by atoms with E-state index in [1.54, 1.807) is 0 Å². The Morgan fingerprint density at radius 2 is 0.939 bits per heavy atom. The molecule has 0 heterocycles. The zero-order chi connectivity index (χ0) is 32.1. The van der Waals surface area contributed by atoms with Gasteiger partial charge in [-0.15, -0.1) is 46.2 Å². The Morgan fingerprint density at radius 3 is 1.31 bits per heavy atom. The van der Waals surface area contributed by atoms with Crippen LogP contribution in [0.4, 0.5) is 0 Å². The minimum atomic E-state index is -0.000185. The van der Waals surface area contributed by atoms with E-state index in [0.29, 0.717) is 0 Å². The number of hydrogen-bond donors (Lipinski definition) is 0. The van der Waals surface area contributed by atoms with Crippen molar-refractivity contribution in [2.75, 3.05) is 0 Å². The van der Waals surface area contributed by atoms with Gasteiger partial charge >= 0.3 is 26.2 Å². The smallest absolute Gasteiger partial charge is 1.00 e. The molecule has 0 aliphatic heterocycles. The topological polar surface area (TPSA) is 0 Å². The van der Waals surface area contributed by atoms with Crippen molar-refractivity contribution in [3.8, 4) is 22.3 Å². The Morgan fingerprint density at radius 1 is 0.510 bits per heavy atom. The van der Waals surface area contributed by atoms with Gasteiger partial charge in [0.1, 0.15) is 0 Å². The van der Waals surface area contributed by atoms with Crippen molar-refractivity contribution in [3.63, 3.8) is 0 Å². The fourth-order valence-electron chi connectivity index (χ4n) is 7.05. The zero-order valence-corrected chi connectivity index (χ0v) is 33.1. The summed E-state index contributed by atoms with van der Waals surface area (Å²) in [6, 6.07) is 43.2. The van der Waals surface area contributed by atoms with Crippen LogP contribution in [-0.2, 0) is 37.0 Å². The fraction of sp³-hybridized carbons (Fsp3) is 0.196. The number of benzene rings is 6. The molecule has 8 rings (SSSR count). The first-order valence-electron chi connectivity index (χ1n) is 16.5. The molecular weight excluding hydrogens is 715 g/mol. The van der Waals surface area contributed by atoms with Crippen LogP contribution >= 0.6 is 0 Å². The van der Waals surface area contributed by atoms with Crippen LogP contribution in [0.15, 0.2) is 133 Å². The van der Waals surface area contributed by atoms with E-state index in [1.807, 2.05) is 12.2 Å². The molecule has 7 aromatic carbocycles. The summed E-state index contributed by atoms with van der Waals surface area (Å²) in [5.74, 6) is 0. The molecule has 0 nitrogen and oxygen atoms in total. The van der Waals surface area contributed by atoms with Gasteiger partial charge in [-0.3, -0.25) is 6.08 Å². The molecule has 1 aliphatic carbocycles. The monoisotopic (exact) mass is 754 g/mol. The van der Waals surface area contributed by atoms with Gasteiger partial charge in [0.2, 0.25) is 0 Å². The third-order valence-corrected chi connectivity index (χ3v) is 9.34. The van der Waals surface area contributed by atoms with Crippen molar-refractivity contribution in [1.29, 1.82) is 0 Å². The van der Waals surface area contributed by atoms with Gasteiger partial charge in [0.15, 0.2) is 0 Å². The number of fused-ring (bicyclic) bond motifs is 5. The molecule has 7 aromatic rings. The van der Waals surface area contributed by atoms with E-state index in [0.717, 1.165) is 6.42 Å². The number of rotatable bonds is 2. The summed E-state index contributed by atoms with van der Waals surface area (Å²) in [6.45, 7) is 14.0. The fourth-order valence-corrected chi connectivity index (χ4v) is 7.05. The SMILES string of the molecule is CC(C)(C)c1cc2c(cc1-c1cccc3ccccc13)[cH-]c1cc(-c3cccc4ccccc34)c(C(C)(C)C)cc12.[C-]1=CC=CC1.[Cl-].[Cl-].[Zr+4]. The van der Waals surface area contributed by atoms with Crippen LogP contribution in [0.25, 0.3) is 65.3 Å². The van der Waals surface area contributed by atoms with Crippen molar-refractivity contribution in [2.24, 2.45) is 0 Å². The maximum absolute atomic E-state index is 2.99. The van der Waals surface area contributed by atoms with Crippen molar-refractivity contribution in [2.45, 2.75) is 58.8 Å². The molecule has 3 heteroatoms. The second-order valence-electron chi connectivity index (χ2n) is 14.7. The van der Waals surface area contributed by atoms with Gasteiger partial charge in [0.25, 0.3) is 0 Å². The van der Waals surface area contributed by atoms with E-state index >= 15 is 0 Å². The minimum absolute atomic E-state index is 0. The number of hydrogen-bond acceptors (Lipinski definition) is 0. The molecule has 0 atom stereocenters. The maximum atomic E-state index is 2.99. The molecule has 49 heavy (non-hydrogen) atoms. The van der Waals surface area contributed by atoms with Crippen LogP contribution in [0, 0.1) is 6.08 Å². The van der Waals surface area contributed by atoms with Crippen LogP contribution in [-0.4, -0.2) is 0 Å². The summed E-state index contributed by atoms with van der Waals surface area (Å²) in [5.41, 5.74) is 8.08. The Kier molecular flexibility index (Phi) is 12.0. The zero-order valence-electron chi connectivity index (χ0n) is 29.2. The molecule has 0 saturated heterocycles. The van der Waals surface area contributed by atoms with Crippen LogP contribution < -0.4 is 24.8 Å². The molecule has 0 fully saturated rings. The van der Waals surface area contributed by atoms with Gasteiger partial charge in [-0.25, -0.2) is 12.2 Å². The predicted octanol–water partition coefficient (Wildman–Crippen LogP) is 7.26. The molecule has 1 aliphatic rings. The molecule has 0 spiro atoms. The quantitative estimate of drug-likeness (QED) is 0.163. The molecule has 0 radical (unpaired) electrons. The third kappa shape index (κ3) is 7.56. The summed E-state index contributed by atoms with van der Waals surface area (Å²) >= 11 is 0. The molecule has 0 saturated carbocycles. The van der Waals surface area contributed by atoms with E-state index in [4.69, 9.17) is 0 Å². The van der Waals surface area contributed by atoms with Crippen molar-refractivity contribution in [3.05, 3.63) is 151 Å². The van der Waals surface area contributed by atoms with E-state index in [9.17, 15) is 0 Å². The van der Waals surface area contributed by atoms with Gasteiger partial charge in [-0.05, 0) is 65.8 Å². The van der Waals surface area contributed by atoms with Gasteiger partial charge in [-0.1, -0.05) is 139 Å². The molecule has 0 N–H and O–H groups in total. The summed E-state index contributed by atoms with van der Waals surface area (Å²) in [4.78, 5) is 0.